The van der Waals surface area contributed by atoms with Crippen LogP contribution in [0.3, 0.4) is 0 Å². The summed E-state index contributed by atoms with van der Waals surface area (Å²) in [6.07, 6.45) is 0. The number of carbonyl (C=O) groups is 2. The van der Waals surface area contributed by atoms with Gasteiger partial charge < -0.3 is 9.80 Å². The Balaban J connectivity index is 2.15. The highest BCUT2D eigenvalue weighted by atomic mass is 16.6. The van der Waals surface area contributed by atoms with Crippen LogP contribution in [0.15, 0.2) is 24.3 Å². The minimum absolute atomic E-state index is 0.0658. The van der Waals surface area contributed by atoms with E-state index in [1.165, 1.54) is 9.80 Å². The number of likely N-dealkylation sites (N-methyl/N-ethyl adjacent to an activating group) is 1. The lowest BCUT2D eigenvalue weighted by molar-refractivity contribution is -0.136. The molecule has 1 fully saturated rings. The summed E-state index contributed by atoms with van der Waals surface area (Å²) in [5, 5.41) is 0. The minimum Gasteiger partial charge on any atom is -0.335 e. The highest BCUT2D eigenvalue weighted by molar-refractivity contribution is 6.04. The maximum atomic E-state index is 11.8. The van der Waals surface area contributed by atoms with Gasteiger partial charge in [0.15, 0.2) is 0 Å². The van der Waals surface area contributed by atoms with Crippen LogP contribution in [-0.4, -0.2) is 36.9 Å². The number of carbonyl (C=O) groups excluding carboxylic acids is 2. The number of hydrogen-bond acceptors (Lipinski definition) is 4. The molecule has 1 heterocycles. The first kappa shape index (κ1) is 12.5. The van der Waals surface area contributed by atoms with Crippen molar-refractivity contribution in [2.75, 3.05) is 25.0 Å². The molecule has 0 saturated carbocycles. The Morgan fingerprint density at radius 3 is 2.44 bits per heavy atom. The summed E-state index contributed by atoms with van der Waals surface area (Å²) >= 11 is 0. The van der Waals surface area contributed by atoms with Gasteiger partial charge in [0.25, 0.3) is 0 Å². The van der Waals surface area contributed by atoms with E-state index < -0.39 is 0 Å². The largest absolute Gasteiger partial charge is 0.335 e. The van der Waals surface area contributed by atoms with Crippen molar-refractivity contribution < 1.29 is 14.4 Å². The molecule has 0 atom stereocenters. The number of anilines is 1. The van der Waals surface area contributed by atoms with Crippen molar-refractivity contribution in [3.63, 3.8) is 0 Å². The molecule has 1 aromatic carbocycles. The minimum atomic E-state index is -0.0834. The zero-order valence-electron chi connectivity index (χ0n) is 10.1. The Morgan fingerprint density at radius 2 is 1.83 bits per heavy atom. The van der Waals surface area contributed by atoms with Gasteiger partial charge >= 0.3 is 0 Å². The lowest BCUT2D eigenvalue weighted by atomic mass is 10.2. The Kier molecular flexibility index (Phi) is 3.59. The molecule has 2 rings (SSSR count). The summed E-state index contributed by atoms with van der Waals surface area (Å²) < 4.78 is 0. The van der Waals surface area contributed by atoms with Gasteiger partial charge in [0, 0.05) is 12.7 Å². The molecule has 0 aliphatic carbocycles. The van der Waals surface area contributed by atoms with Crippen molar-refractivity contribution >= 4 is 17.5 Å². The smallest absolute Gasteiger partial charge is 0.247 e. The first-order chi connectivity index (χ1) is 8.61. The zero-order valence-corrected chi connectivity index (χ0v) is 10.1. The van der Waals surface area contributed by atoms with E-state index in [0.717, 1.165) is 5.56 Å². The van der Waals surface area contributed by atoms with Crippen LogP contribution >= 0.6 is 0 Å². The lowest BCUT2D eigenvalue weighted by Crippen LogP contribution is -2.52. The molecular formula is C12H15N3O3. The third-order valence-electron chi connectivity index (χ3n) is 2.89. The number of benzene rings is 1. The van der Waals surface area contributed by atoms with Crippen molar-refractivity contribution in [3.05, 3.63) is 29.8 Å². The molecule has 1 aliphatic heterocycles. The van der Waals surface area contributed by atoms with Gasteiger partial charge in [0.1, 0.15) is 6.54 Å². The summed E-state index contributed by atoms with van der Waals surface area (Å²) in [5.74, 6) is 4.83. The molecule has 96 valence electrons. The molecule has 1 saturated heterocycles. The van der Waals surface area contributed by atoms with Gasteiger partial charge in [0.2, 0.25) is 11.8 Å². The third-order valence-corrected chi connectivity index (χ3v) is 2.89. The van der Waals surface area contributed by atoms with E-state index in [1.54, 1.807) is 19.2 Å². The fraction of sp³-hybridized carbons (Fsp3) is 0.333. The predicted molar refractivity (Wildman–Crippen MR) is 65.4 cm³/mol. The lowest BCUT2D eigenvalue weighted by Gasteiger charge is -2.31. The Bertz CT molecular complexity index is 458. The monoisotopic (exact) mass is 249 g/mol. The number of hydrogen-bond donors (Lipinski definition) is 1. The average molecular weight is 249 g/mol. The fourth-order valence-electron chi connectivity index (χ4n) is 1.82. The molecule has 18 heavy (non-hydrogen) atoms. The van der Waals surface area contributed by atoms with E-state index >= 15 is 0 Å². The van der Waals surface area contributed by atoms with Crippen LogP contribution < -0.4 is 10.8 Å². The molecule has 2 N–H and O–H groups in total. The molecule has 2 amide bonds. The van der Waals surface area contributed by atoms with Crippen LogP contribution in [0, 0.1) is 0 Å². The summed E-state index contributed by atoms with van der Waals surface area (Å²) in [6.45, 7) is 0.518. The number of rotatable bonds is 3. The van der Waals surface area contributed by atoms with Gasteiger partial charge in [-0.25, -0.2) is 5.90 Å². The van der Waals surface area contributed by atoms with Gasteiger partial charge in [-0.05, 0) is 17.7 Å². The number of nitrogens with zero attached hydrogens (tertiary/aromatic N) is 2. The molecule has 0 unspecified atom stereocenters. The number of nitrogens with two attached hydrogens (primary N) is 1. The quantitative estimate of drug-likeness (QED) is 0.758. The van der Waals surface area contributed by atoms with E-state index in [2.05, 4.69) is 4.84 Å². The Hall–Kier alpha value is -1.92. The van der Waals surface area contributed by atoms with Crippen LogP contribution in [-0.2, 0) is 21.0 Å². The maximum Gasteiger partial charge on any atom is 0.247 e. The molecular weight excluding hydrogens is 234 g/mol. The van der Waals surface area contributed by atoms with E-state index in [-0.39, 0.29) is 24.9 Å². The van der Waals surface area contributed by atoms with E-state index in [9.17, 15) is 9.59 Å². The van der Waals surface area contributed by atoms with Gasteiger partial charge in [-0.1, -0.05) is 12.1 Å². The van der Waals surface area contributed by atoms with Crippen LogP contribution in [0.2, 0.25) is 0 Å². The van der Waals surface area contributed by atoms with E-state index in [1.807, 2.05) is 12.1 Å². The topological polar surface area (TPSA) is 75.9 Å². The van der Waals surface area contributed by atoms with Crippen molar-refractivity contribution in [2.45, 2.75) is 6.61 Å². The summed E-state index contributed by atoms with van der Waals surface area (Å²) in [6, 6.07) is 7.20. The van der Waals surface area contributed by atoms with Crippen LogP contribution in [0.1, 0.15) is 5.56 Å². The predicted octanol–water partition coefficient (Wildman–Crippen LogP) is -0.118. The summed E-state index contributed by atoms with van der Waals surface area (Å²) in [5.41, 5.74) is 1.62. The molecule has 0 bridgehead atoms. The first-order valence-corrected chi connectivity index (χ1v) is 5.57. The molecule has 1 aromatic rings. The average Bonchev–Trinajstić information content (AvgIpc) is 2.35. The molecule has 0 aromatic heterocycles. The highest BCUT2D eigenvalue weighted by Crippen LogP contribution is 2.18. The maximum absolute atomic E-state index is 11.8. The summed E-state index contributed by atoms with van der Waals surface area (Å²) in [4.78, 5) is 30.9. The van der Waals surface area contributed by atoms with E-state index in [0.29, 0.717) is 12.3 Å². The number of piperazine rings is 1. The van der Waals surface area contributed by atoms with Gasteiger partial charge in [0.05, 0.1) is 13.2 Å². The molecule has 6 nitrogen and oxygen atoms in total. The van der Waals surface area contributed by atoms with Crippen molar-refractivity contribution in [1.29, 1.82) is 0 Å². The van der Waals surface area contributed by atoms with E-state index in [4.69, 9.17) is 5.90 Å². The second kappa shape index (κ2) is 5.16. The number of amides is 2. The first-order valence-electron chi connectivity index (χ1n) is 5.57. The van der Waals surface area contributed by atoms with Crippen LogP contribution in [0.4, 0.5) is 5.69 Å². The Morgan fingerprint density at radius 1 is 1.17 bits per heavy atom. The second-order valence-electron chi connectivity index (χ2n) is 4.21. The zero-order chi connectivity index (χ0) is 13.1. The normalized spacial score (nSPS) is 16.3. The molecule has 0 radical (unpaired) electrons. The molecule has 0 spiro atoms. The van der Waals surface area contributed by atoms with Gasteiger partial charge in [-0.15, -0.1) is 0 Å². The molecule has 6 heteroatoms. The van der Waals surface area contributed by atoms with Gasteiger partial charge in [-0.3, -0.25) is 14.4 Å². The highest BCUT2D eigenvalue weighted by Gasteiger charge is 2.28. The van der Waals surface area contributed by atoms with Crippen LogP contribution in [0.5, 0.6) is 0 Å². The van der Waals surface area contributed by atoms with Crippen molar-refractivity contribution in [1.82, 2.24) is 4.90 Å². The SMILES string of the molecule is CN1CC(=O)N(c2ccc(CON)cc2)CC1=O. The summed E-state index contributed by atoms with van der Waals surface area (Å²) in [7, 11) is 1.62. The Labute approximate surface area is 105 Å². The van der Waals surface area contributed by atoms with Gasteiger partial charge in [-0.2, -0.15) is 0 Å². The molecule has 1 aliphatic rings. The van der Waals surface area contributed by atoms with Crippen molar-refractivity contribution in [3.8, 4) is 0 Å². The van der Waals surface area contributed by atoms with Crippen LogP contribution in [0.25, 0.3) is 0 Å². The second-order valence-corrected chi connectivity index (χ2v) is 4.21. The standard InChI is InChI=1S/C12H15N3O3/c1-14-6-12(17)15(7-11(14)16)10-4-2-9(3-5-10)8-18-13/h2-5H,6-8,13H2,1H3. The third kappa shape index (κ3) is 2.49. The van der Waals surface area contributed by atoms with Crippen molar-refractivity contribution in [2.24, 2.45) is 5.90 Å². The fourth-order valence-corrected chi connectivity index (χ4v) is 1.82.